The molecule has 2 aliphatic carbocycles. The molecule has 0 aliphatic heterocycles. The van der Waals surface area contributed by atoms with Crippen molar-refractivity contribution in [2.24, 2.45) is 11.1 Å². The maximum absolute atomic E-state index is 12.9. The average molecular weight is 494 g/mol. The van der Waals surface area contributed by atoms with E-state index < -0.39 is 36.4 Å². The van der Waals surface area contributed by atoms with E-state index in [1.165, 1.54) is 6.20 Å². The van der Waals surface area contributed by atoms with Crippen LogP contribution in [0.4, 0.5) is 13.2 Å². The van der Waals surface area contributed by atoms with Gasteiger partial charge in [0.25, 0.3) is 11.8 Å². The normalized spacial score (nSPS) is 23.9. The molecule has 11 heteroatoms. The number of carbonyl (C=O) groups is 2. The van der Waals surface area contributed by atoms with Crippen LogP contribution in [0, 0.1) is 5.41 Å². The number of primary amides is 1. The third kappa shape index (κ3) is 5.59. The molecule has 2 saturated carbocycles. The maximum Gasteiger partial charge on any atom is 0.390 e. The monoisotopic (exact) mass is 493 g/mol. The molecule has 0 aromatic carbocycles. The number of halogens is 3. The third-order valence-electron chi connectivity index (χ3n) is 6.72. The van der Waals surface area contributed by atoms with Crippen molar-refractivity contribution in [3.63, 3.8) is 0 Å². The molecule has 8 nitrogen and oxygen atoms in total. The number of rotatable bonds is 7. The van der Waals surface area contributed by atoms with E-state index in [-0.39, 0.29) is 34.7 Å². The van der Waals surface area contributed by atoms with Crippen LogP contribution in [0.25, 0.3) is 0 Å². The zero-order valence-corrected chi connectivity index (χ0v) is 20.0. The Morgan fingerprint density at radius 3 is 2.51 bits per heavy atom. The van der Waals surface area contributed by atoms with Gasteiger partial charge in [-0.1, -0.05) is 20.8 Å². The summed E-state index contributed by atoms with van der Waals surface area (Å²) in [4.78, 5) is 28.6. The first-order valence-electron chi connectivity index (χ1n) is 11.6. The van der Waals surface area contributed by atoms with Gasteiger partial charge in [-0.2, -0.15) is 18.3 Å². The van der Waals surface area contributed by atoms with Crippen LogP contribution in [-0.4, -0.2) is 44.9 Å². The Hall–Kier alpha value is -3.11. The van der Waals surface area contributed by atoms with E-state index in [2.05, 4.69) is 15.4 Å². The first-order valence-corrected chi connectivity index (χ1v) is 11.6. The smallest absolute Gasteiger partial charge is 0.390 e. The quantitative estimate of drug-likeness (QED) is 0.610. The molecular formula is C24H30F3N5O3. The van der Waals surface area contributed by atoms with Crippen molar-refractivity contribution in [1.82, 2.24) is 20.1 Å². The number of carbonyl (C=O) groups excluding carboxylic acids is 2. The third-order valence-corrected chi connectivity index (χ3v) is 6.72. The number of nitrogens with zero attached hydrogens (tertiary/aromatic N) is 3. The minimum absolute atomic E-state index is 0.0530. The lowest BCUT2D eigenvalue weighted by molar-refractivity contribution is -0.137. The average Bonchev–Trinajstić information content (AvgIpc) is 3.13. The topological polar surface area (TPSA) is 112 Å². The second kappa shape index (κ2) is 8.83. The number of hydrogen-bond donors (Lipinski definition) is 2. The fourth-order valence-corrected chi connectivity index (χ4v) is 4.87. The van der Waals surface area contributed by atoms with Crippen molar-refractivity contribution in [2.75, 3.05) is 0 Å². The van der Waals surface area contributed by atoms with Gasteiger partial charge in [0.2, 0.25) is 5.88 Å². The summed E-state index contributed by atoms with van der Waals surface area (Å²) in [6.45, 7) is 5.28. The zero-order chi connectivity index (χ0) is 25.6. The zero-order valence-electron chi connectivity index (χ0n) is 20.0. The molecule has 0 atom stereocenters. The van der Waals surface area contributed by atoms with Crippen LogP contribution in [0.3, 0.4) is 0 Å². The van der Waals surface area contributed by atoms with Gasteiger partial charge >= 0.3 is 6.18 Å². The standard InChI is InChI=1S/C24H30F3N5O3/c1-22(2,3)18-9-17(32(31-18)8-6-24(25,26)27)20(34)30-14-10-23(11-14)12-15(13-23)35-21-16(19(28)33)5-4-7-29-21/h4-5,7,9,14-15H,6,8,10-13H2,1-3H3,(H2,28,33)(H,30,34). The van der Waals surface area contributed by atoms with Crippen molar-refractivity contribution in [1.29, 1.82) is 0 Å². The first-order chi connectivity index (χ1) is 16.2. The van der Waals surface area contributed by atoms with Crippen molar-refractivity contribution in [3.8, 4) is 5.88 Å². The number of pyridine rings is 1. The summed E-state index contributed by atoms with van der Waals surface area (Å²) in [5.74, 6) is -0.787. The Kier molecular flexibility index (Phi) is 6.31. The van der Waals surface area contributed by atoms with E-state index in [9.17, 15) is 22.8 Å². The molecule has 190 valence electrons. The molecule has 0 unspecified atom stereocenters. The summed E-state index contributed by atoms with van der Waals surface area (Å²) < 4.78 is 45.3. The number of nitrogens with two attached hydrogens (primary N) is 1. The number of hydrogen-bond acceptors (Lipinski definition) is 5. The van der Waals surface area contributed by atoms with E-state index in [0.29, 0.717) is 5.69 Å². The van der Waals surface area contributed by atoms with E-state index in [0.717, 1.165) is 30.4 Å². The van der Waals surface area contributed by atoms with Gasteiger partial charge in [0, 0.05) is 17.7 Å². The molecule has 2 aliphatic rings. The molecule has 2 aromatic rings. The summed E-state index contributed by atoms with van der Waals surface area (Å²) in [6, 6.07) is 4.70. The van der Waals surface area contributed by atoms with E-state index in [1.54, 1.807) is 18.2 Å². The van der Waals surface area contributed by atoms with Gasteiger partial charge in [-0.3, -0.25) is 14.3 Å². The molecule has 0 radical (unpaired) electrons. The van der Waals surface area contributed by atoms with E-state index in [4.69, 9.17) is 10.5 Å². The van der Waals surface area contributed by atoms with E-state index >= 15 is 0 Å². The Morgan fingerprint density at radius 2 is 1.91 bits per heavy atom. The Balaban J connectivity index is 1.33. The van der Waals surface area contributed by atoms with Crippen LogP contribution < -0.4 is 15.8 Å². The lowest BCUT2D eigenvalue weighted by Crippen LogP contribution is -2.59. The van der Waals surface area contributed by atoms with Gasteiger partial charge in [0.05, 0.1) is 18.7 Å². The van der Waals surface area contributed by atoms with Gasteiger partial charge in [-0.25, -0.2) is 4.98 Å². The number of amides is 2. The van der Waals surface area contributed by atoms with Gasteiger partial charge < -0.3 is 15.8 Å². The van der Waals surface area contributed by atoms with Crippen LogP contribution >= 0.6 is 0 Å². The number of nitrogens with one attached hydrogen (secondary N) is 1. The Labute approximate surface area is 201 Å². The fraction of sp³-hybridized carbons (Fsp3) is 0.583. The van der Waals surface area contributed by atoms with Gasteiger partial charge in [-0.05, 0) is 49.3 Å². The lowest BCUT2D eigenvalue weighted by atomic mass is 9.53. The van der Waals surface area contributed by atoms with Gasteiger partial charge in [0.1, 0.15) is 17.4 Å². The van der Waals surface area contributed by atoms with E-state index in [1.807, 2.05) is 20.8 Å². The highest BCUT2D eigenvalue weighted by Gasteiger charge is 2.54. The van der Waals surface area contributed by atoms with Crippen molar-refractivity contribution in [2.45, 2.75) is 83.2 Å². The van der Waals surface area contributed by atoms with Crippen LogP contribution in [0.2, 0.25) is 0 Å². The Morgan fingerprint density at radius 1 is 1.23 bits per heavy atom. The van der Waals surface area contributed by atoms with Crippen molar-refractivity contribution >= 4 is 11.8 Å². The first kappa shape index (κ1) is 25.0. The summed E-state index contributed by atoms with van der Waals surface area (Å²) in [6.07, 6.45) is -0.887. The number of aromatic nitrogens is 3. The minimum atomic E-state index is -4.34. The van der Waals surface area contributed by atoms with Crippen LogP contribution in [0.15, 0.2) is 24.4 Å². The summed E-state index contributed by atoms with van der Waals surface area (Å²) in [7, 11) is 0. The predicted octanol–water partition coefficient (Wildman–Crippen LogP) is 3.75. The van der Waals surface area contributed by atoms with Crippen LogP contribution in [0.5, 0.6) is 5.88 Å². The van der Waals surface area contributed by atoms with Crippen LogP contribution in [0.1, 0.15) is 79.4 Å². The van der Waals surface area contributed by atoms with Gasteiger partial charge in [0.15, 0.2) is 0 Å². The van der Waals surface area contributed by atoms with Gasteiger partial charge in [-0.15, -0.1) is 0 Å². The number of ether oxygens (including phenoxy) is 1. The molecular weight excluding hydrogens is 463 g/mol. The summed E-state index contributed by atoms with van der Waals surface area (Å²) >= 11 is 0. The Bertz CT molecular complexity index is 1110. The number of alkyl halides is 3. The lowest BCUT2D eigenvalue weighted by Gasteiger charge is -2.57. The molecule has 2 aromatic heterocycles. The molecule has 2 amide bonds. The highest BCUT2D eigenvalue weighted by atomic mass is 19.4. The molecule has 2 fully saturated rings. The maximum atomic E-state index is 12.9. The van der Waals surface area contributed by atoms with Crippen molar-refractivity contribution < 1.29 is 27.5 Å². The second-order valence-electron chi connectivity index (χ2n) is 10.7. The predicted molar refractivity (Wildman–Crippen MR) is 121 cm³/mol. The fourth-order valence-electron chi connectivity index (χ4n) is 4.87. The summed E-state index contributed by atoms with van der Waals surface area (Å²) in [5.41, 5.74) is 5.97. The SMILES string of the molecule is CC(C)(C)c1cc(C(=O)NC2CC3(C2)CC(Oc2ncccc2C(N)=O)C3)n(CCC(F)(F)F)n1. The highest BCUT2D eigenvalue weighted by molar-refractivity contribution is 5.95. The van der Waals surface area contributed by atoms with Crippen molar-refractivity contribution in [3.05, 3.63) is 41.3 Å². The highest BCUT2D eigenvalue weighted by Crippen LogP contribution is 2.56. The minimum Gasteiger partial charge on any atom is -0.474 e. The molecule has 4 rings (SSSR count). The molecule has 3 N–H and O–H groups in total. The molecule has 35 heavy (non-hydrogen) atoms. The van der Waals surface area contributed by atoms with Crippen LogP contribution in [-0.2, 0) is 12.0 Å². The number of aryl methyl sites for hydroxylation is 1. The molecule has 2 heterocycles. The molecule has 0 saturated heterocycles. The summed E-state index contributed by atoms with van der Waals surface area (Å²) in [5, 5.41) is 7.23. The molecule has 1 spiro atoms. The molecule has 0 bridgehead atoms. The second-order valence-corrected chi connectivity index (χ2v) is 10.7. The largest absolute Gasteiger partial charge is 0.474 e.